The summed E-state index contributed by atoms with van der Waals surface area (Å²) in [6, 6.07) is 32.3. The molecule has 3 rings (SSSR count). The highest BCUT2D eigenvalue weighted by molar-refractivity contribution is 8.17. The molecule has 1 nitrogen and oxygen atoms in total. The third-order valence-electron chi connectivity index (χ3n) is 4.81. The van der Waals surface area contributed by atoms with Crippen LogP contribution >= 0.6 is 23.5 Å². The molecule has 0 fully saturated rings. The third kappa shape index (κ3) is 8.43. The van der Waals surface area contributed by atoms with Gasteiger partial charge in [-0.05, 0) is 49.6 Å². The number of benzene rings is 3. The molecule has 0 aliphatic carbocycles. The lowest BCUT2D eigenvalue weighted by molar-refractivity contribution is 0.268. The molecule has 0 unspecified atom stereocenters. The van der Waals surface area contributed by atoms with Gasteiger partial charge in [-0.1, -0.05) is 72.3 Å². The molecule has 0 atom stereocenters. The number of thioether (sulfide) groups is 2. The summed E-state index contributed by atoms with van der Waals surface area (Å²) >= 11 is 3.95. The van der Waals surface area contributed by atoms with E-state index in [1.165, 1.54) is 20.9 Å². The number of hydrogen-bond donors (Lipinski definition) is 0. The Morgan fingerprint density at radius 3 is 1.77 bits per heavy atom. The van der Waals surface area contributed by atoms with Crippen molar-refractivity contribution in [2.45, 2.75) is 40.7 Å². The van der Waals surface area contributed by atoms with Crippen LogP contribution in [0.1, 0.15) is 25.3 Å². The predicted octanol–water partition coefficient (Wildman–Crippen LogP) is 7.76. The molecule has 0 aliphatic heterocycles. The predicted molar refractivity (Wildman–Crippen MR) is 134 cm³/mol. The molecule has 0 saturated heterocycles. The van der Waals surface area contributed by atoms with Crippen LogP contribution in [0, 0.1) is 0 Å². The lowest BCUT2D eigenvalue weighted by Gasteiger charge is -2.25. The molecule has 156 valence electrons. The molecule has 0 amide bonds. The molecule has 0 aliphatic rings. The molecule has 0 saturated carbocycles. The van der Waals surface area contributed by atoms with E-state index in [2.05, 4.69) is 109 Å². The topological polar surface area (TPSA) is 3.24 Å². The van der Waals surface area contributed by atoms with Crippen LogP contribution in [0.15, 0.2) is 113 Å². The van der Waals surface area contributed by atoms with E-state index in [4.69, 9.17) is 0 Å². The average molecular weight is 434 g/mol. The van der Waals surface area contributed by atoms with Gasteiger partial charge in [0.2, 0.25) is 0 Å². The largest absolute Gasteiger partial charge is 0.299 e. The zero-order valence-corrected chi connectivity index (χ0v) is 19.4. The summed E-state index contributed by atoms with van der Waals surface area (Å²) in [6.07, 6.45) is 2.18. The standard InChI is InChI=1S/C27H31NS2/c1-23(2)18-20-28(22-24-12-6-3-7-13-24)21-19-27(29-25-14-8-4-9-15-25)30-26-16-10-5-11-17-26/h3-17,27H,1,18-22H2,2H3. The Bertz CT molecular complexity index is 824. The Hall–Kier alpha value is -1.94. The minimum Gasteiger partial charge on any atom is -0.299 e. The molecule has 0 heterocycles. The highest BCUT2D eigenvalue weighted by Gasteiger charge is 2.15. The van der Waals surface area contributed by atoms with Crippen LogP contribution in [-0.2, 0) is 6.54 Å². The summed E-state index contributed by atoms with van der Waals surface area (Å²) < 4.78 is 0.470. The Morgan fingerprint density at radius 1 is 0.767 bits per heavy atom. The number of hydrogen-bond acceptors (Lipinski definition) is 3. The van der Waals surface area contributed by atoms with Crippen molar-refractivity contribution in [3.63, 3.8) is 0 Å². The average Bonchev–Trinajstić information content (AvgIpc) is 2.77. The molecular formula is C27H31NS2. The lowest BCUT2D eigenvalue weighted by atomic mass is 10.2. The van der Waals surface area contributed by atoms with Crippen LogP contribution in [0.4, 0.5) is 0 Å². The molecule has 0 spiro atoms. The van der Waals surface area contributed by atoms with Crippen molar-refractivity contribution in [1.29, 1.82) is 0 Å². The first-order valence-electron chi connectivity index (χ1n) is 10.5. The van der Waals surface area contributed by atoms with Gasteiger partial charge in [-0.15, -0.1) is 30.1 Å². The van der Waals surface area contributed by atoms with E-state index in [0.717, 1.165) is 32.5 Å². The molecular weight excluding hydrogens is 402 g/mol. The molecule has 0 N–H and O–H groups in total. The van der Waals surface area contributed by atoms with Crippen LogP contribution in [0.3, 0.4) is 0 Å². The van der Waals surface area contributed by atoms with Crippen LogP contribution in [-0.4, -0.2) is 22.6 Å². The molecule has 30 heavy (non-hydrogen) atoms. The molecule has 3 aromatic carbocycles. The van der Waals surface area contributed by atoms with Gasteiger partial charge in [0.15, 0.2) is 0 Å². The normalized spacial score (nSPS) is 11.2. The van der Waals surface area contributed by atoms with Crippen molar-refractivity contribution in [2.75, 3.05) is 13.1 Å². The Labute approximate surface area is 190 Å². The lowest BCUT2D eigenvalue weighted by Crippen LogP contribution is -2.27. The van der Waals surface area contributed by atoms with Crippen LogP contribution in [0.25, 0.3) is 0 Å². The molecule has 3 aromatic rings. The summed E-state index contributed by atoms with van der Waals surface area (Å²) in [7, 11) is 0. The molecule has 0 radical (unpaired) electrons. The highest BCUT2D eigenvalue weighted by atomic mass is 32.2. The zero-order valence-electron chi connectivity index (χ0n) is 17.7. The van der Waals surface area contributed by atoms with Crippen molar-refractivity contribution < 1.29 is 0 Å². The summed E-state index contributed by atoms with van der Waals surface area (Å²) in [5.41, 5.74) is 2.63. The first-order chi connectivity index (χ1) is 14.7. The van der Waals surface area contributed by atoms with Crippen molar-refractivity contribution in [1.82, 2.24) is 4.90 Å². The molecule has 3 heteroatoms. The highest BCUT2D eigenvalue weighted by Crippen LogP contribution is 2.37. The zero-order chi connectivity index (χ0) is 21.0. The quantitative estimate of drug-likeness (QED) is 0.163. The van der Waals surface area contributed by atoms with Gasteiger partial charge in [-0.25, -0.2) is 0 Å². The molecule has 0 aromatic heterocycles. The van der Waals surface area contributed by atoms with E-state index in [-0.39, 0.29) is 0 Å². The van der Waals surface area contributed by atoms with Gasteiger partial charge < -0.3 is 0 Å². The fourth-order valence-corrected chi connectivity index (χ4v) is 5.73. The van der Waals surface area contributed by atoms with Gasteiger partial charge in [0.25, 0.3) is 0 Å². The fraction of sp³-hybridized carbons (Fsp3) is 0.259. The summed E-state index contributed by atoms with van der Waals surface area (Å²) in [5.74, 6) is 0. The minimum atomic E-state index is 0.470. The van der Waals surface area contributed by atoms with Crippen LogP contribution < -0.4 is 0 Å². The monoisotopic (exact) mass is 433 g/mol. The van der Waals surface area contributed by atoms with E-state index in [1.807, 2.05) is 23.5 Å². The van der Waals surface area contributed by atoms with Gasteiger partial charge in [0.1, 0.15) is 0 Å². The third-order valence-corrected chi connectivity index (χ3v) is 7.47. The second-order valence-electron chi connectivity index (χ2n) is 7.55. The SMILES string of the molecule is C=C(C)CCN(CCC(Sc1ccccc1)Sc1ccccc1)Cc1ccccc1. The van der Waals surface area contributed by atoms with E-state index in [9.17, 15) is 0 Å². The van der Waals surface area contributed by atoms with Crippen molar-refractivity contribution in [2.24, 2.45) is 0 Å². The van der Waals surface area contributed by atoms with E-state index in [1.54, 1.807) is 0 Å². The second kappa shape index (κ2) is 12.7. The van der Waals surface area contributed by atoms with Crippen molar-refractivity contribution in [3.8, 4) is 0 Å². The van der Waals surface area contributed by atoms with Crippen LogP contribution in [0.2, 0.25) is 0 Å². The second-order valence-corrected chi connectivity index (χ2v) is 10.4. The van der Waals surface area contributed by atoms with Gasteiger partial charge in [0.05, 0.1) is 4.58 Å². The Balaban J connectivity index is 1.66. The summed E-state index contributed by atoms with van der Waals surface area (Å²) in [6.45, 7) is 9.36. The van der Waals surface area contributed by atoms with E-state index >= 15 is 0 Å². The summed E-state index contributed by atoms with van der Waals surface area (Å²) in [4.78, 5) is 5.25. The first kappa shape index (κ1) is 22.7. The summed E-state index contributed by atoms with van der Waals surface area (Å²) in [5, 5.41) is 0. The van der Waals surface area contributed by atoms with Gasteiger partial charge in [-0.3, -0.25) is 4.90 Å². The maximum atomic E-state index is 4.11. The van der Waals surface area contributed by atoms with Gasteiger partial charge in [0, 0.05) is 29.4 Å². The Morgan fingerprint density at radius 2 is 1.27 bits per heavy atom. The van der Waals surface area contributed by atoms with E-state index < -0.39 is 0 Å². The maximum Gasteiger partial charge on any atom is 0.0609 e. The van der Waals surface area contributed by atoms with E-state index in [0.29, 0.717) is 4.58 Å². The van der Waals surface area contributed by atoms with Gasteiger partial charge >= 0.3 is 0 Å². The van der Waals surface area contributed by atoms with Crippen LogP contribution in [0.5, 0.6) is 0 Å². The number of rotatable bonds is 12. The first-order valence-corrected chi connectivity index (χ1v) is 12.3. The number of nitrogens with zero attached hydrogens (tertiary/aromatic N) is 1. The van der Waals surface area contributed by atoms with Gasteiger partial charge in [-0.2, -0.15) is 0 Å². The fourth-order valence-electron chi connectivity index (χ4n) is 3.19. The minimum absolute atomic E-state index is 0.470. The maximum absolute atomic E-state index is 4.11. The smallest absolute Gasteiger partial charge is 0.0609 e. The molecule has 0 bridgehead atoms. The van der Waals surface area contributed by atoms with Crippen molar-refractivity contribution in [3.05, 3.63) is 109 Å². The Kier molecular flexibility index (Phi) is 9.62. The van der Waals surface area contributed by atoms with Crippen molar-refractivity contribution >= 4 is 23.5 Å².